The fraction of sp³-hybridized carbons (Fsp3) is 0.167. The Morgan fingerprint density at radius 3 is 2.62 bits per heavy atom. The molecule has 0 fully saturated rings. The van der Waals surface area contributed by atoms with Gasteiger partial charge in [0.2, 0.25) is 5.91 Å². The van der Waals surface area contributed by atoms with Gasteiger partial charge in [0.25, 0.3) is 0 Å². The van der Waals surface area contributed by atoms with Crippen molar-refractivity contribution in [3.05, 3.63) is 59.9 Å². The monoisotopic (exact) mass is 387 g/mol. The number of sulfone groups is 1. The largest absolute Gasteiger partial charge is 0.326 e. The average Bonchev–Trinajstić information content (AvgIpc) is 3.11. The topological polar surface area (TPSA) is 89.0 Å². The quantitative estimate of drug-likeness (QED) is 0.702. The molecule has 0 aliphatic carbocycles. The van der Waals surface area contributed by atoms with Gasteiger partial charge < -0.3 is 5.32 Å². The number of carbonyl (C=O) groups excluding carboxylic acids is 1. The number of anilines is 1. The van der Waals surface area contributed by atoms with E-state index in [4.69, 9.17) is 0 Å². The summed E-state index contributed by atoms with van der Waals surface area (Å²) in [4.78, 5) is 21.0. The van der Waals surface area contributed by atoms with Gasteiger partial charge in [0.1, 0.15) is 5.01 Å². The lowest BCUT2D eigenvalue weighted by Crippen LogP contribution is -2.14. The number of carbonyl (C=O) groups is 1. The molecule has 3 rings (SSSR count). The highest BCUT2D eigenvalue weighted by Gasteiger charge is 2.12. The van der Waals surface area contributed by atoms with E-state index in [2.05, 4.69) is 15.3 Å². The van der Waals surface area contributed by atoms with Crippen molar-refractivity contribution in [2.45, 2.75) is 18.2 Å². The molecule has 0 radical (unpaired) electrons. The minimum Gasteiger partial charge on any atom is -0.326 e. The van der Waals surface area contributed by atoms with Crippen LogP contribution in [0.2, 0.25) is 0 Å². The summed E-state index contributed by atoms with van der Waals surface area (Å²) in [5.74, 6) is -0.166. The molecule has 0 saturated carbocycles. The van der Waals surface area contributed by atoms with Gasteiger partial charge in [-0.25, -0.2) is 13.4 Å². The van der Waals surface area contributed by atoms with E-state index >= 15 is 0 Å². The number of hydrogen-bond acceptors (Lipinski definition) is 6. The SMILES string of the molecule is CCS(=O)(=O)c1ccc(NC(=O)Cc2csc(-c3cccnc3)n2)cc1. The number of nitrogens with one attached hydrogen (secondary N) is 1. The average molecular weight is 387 g/mol. The van der Waals surface area contributed by atoms with Crippen LogP contribution in [0, 0.1) is 0 Å². The normalized spacial score (nSPS) is 11.3. The van der Waals surface area contributed by atoms with E-state index in [1.54, 1.807) is 31.5 Å². The van der Waals surface area contributed by atoms with Gasteiger partial charge in [-0.3, -0.25) is 9.78 Å². The summed E-state index contributed by atoms with van der Waals surface area (Å²) in [6.45, 7) is 1.60. The van der Waals surface area contributed by atoms with Crippen LogP contribution in [0.25, 0.3) is 10.6 Å². The van der Waals surface area contributed by atoms with Gasteiger partial charge in [-0.1, -0.05) is 6.92 Å². The van der Waals surface area contributed by atoms with Crippen LogP contribution in [0.15, 0.2) is 59.1 Å². The Morgan fingerprint density at radius 2 is 1.96 bits per heavy atom. The Balaban J connectivity index is 1.64. The highest BCUT2D eigenvalue weighted by atomic mass is 32.2. The number of benzene rings is 1. The summed E-state index contributed by atoms with van der Waals surface area (Å²) in [6, 6.07) is 9.92. The zero-order chi connectivity index (χ0) is 18.6. The molecule has 0 spiro atoms. The minimum atomic E-state index is -3.24. The maximum atomic E-state index is 12.2. The second kappa shape index (κ2) is 7.76. The van der Waals surface area contributed by atoms with Crippen LogP contribution in [0.4, 0.5) is 5.69 Å². The number of rotatable bonds is 6. The van der Waals surface area contributed by atoms with Crippen molar-refractivity contribution in [3.63, 3.8) is 0 Å². The van der Waals surface area contributed by atoms with Gasteiger partial charge >= 0.3 is 0 Å². The lowest BCUT2D eigenvalue weighted by Gasteiger charge is -2.06. The number of thiazole rings is 1. The van der Waals surface area contributed by atoms with Gasteiger partial charge in [0.15, 0.2) is 9.84 Å². The molecule has 3 aromatic rings. The zero-order valence-electron chi connectivity index (χ0n) is 14.0. The van der Waals surface area contributed by atoms with Crippen molar-refractivity contribution in [3.8, 4) is 10.6 Å². The molecule has 1 N–H and O–H groups in total. The third-order valence-corrected chi connectivity index (χ3v) is 6.37. The highest BCUT2D eigenvalue weighted by molar-refractivity contribution is 7.91. The Morgan fingerprint density at radius 1 is 1.19 bits per heavy atom. The minimum absolute atomic E-state index is 0.0435. The molecule has 2 aromatic heterocycles. The Bertz CT molecular complexity index is 998. The van der Waals surface area contributed by atoms with Crippen LogP contribution in [0.3, 0.4) is 0 Å². The molecule has 134 valence electrons. The molecular formula is C18H17N3O3S2. The summed E-state index contributed by atoms with van der Waals surface area (Å²) in [6.07, 6.45) is 3.57. The first-order chi connectivity index (χ1) is 12.5. The Hall–Kier alpha value is -2.58. The summed E-state index contributed by atoms with van der Waals surface area (Å²) < 4.78 is 23.6. The van der Waals surface area contributed by atoms with Crippen molar-refractivity contribution in [2.75, 3.05) is 11.1 Å². The molecule has 0 bridgehead atoms. The van der Waals surface area contributed by atoms with Crippen molar-refractivity contribution >= 4 is 32.8 Å². The first kappa shape index (κ1) is 18.2. The van der Waals surface area contributed by atoms with Crippen LogP contribution in [-0.4, -0.2) is 30.0 Å². The maximum Gasteiger partial charge on any atom is 0.230 e. The summed E-state index contributed by atoms with van der Waals surface area (Å²) >= 11 is 1.46. The standard InChI is InChI=1S/C18H17N3O3S2/c1-2-26(23,24)16-7-5-14(6-8-16)20-17(22)10-15-12-25-18(21-15)13-4-3-9-19-11-13/h3-9,11-12H,2,10H2,1H3,(H,20,22). The van der Waals surface area contributed by atoms with Crippen molar-refractivity contribution in [1.82, 2.24) is 9.97 Å². The fourth-order valence-corrected chi connectivity index (χ4v) is 3.99. The van der Waals surface area contributed by atoms with Gasteiger partial charge in [-0.2, -0.15) is 0 Å². The summed E-state index contributed by atoms with van der Waals surface area (Å²) in [5.41, 5.74) is 2.14. The van der Waals surface area contributed by atoms with Crippen molar-refractivity contribution < 1.29 is 13.2 Å². The first-order valence-corrected chi connectivity index (χ1v) is 10.5. The number of aromatic nitrogens is 2. The molecule has 1 amide bonds. The van der Waals surface area contributed by atoms with Crippen LogP contribution in [-0.2, 0) is 21.1 Å². The number of nitrogens with zero attached hydrogens (tertiary/aromatic N) is 2. The molecule has 6 nitrogen and oxygen atoms in total. The zero-order valence-corrected chi connectivity index (χ0v) is 15.7. The second-order valence-electron chi connectivity index (χ2n) is 5.54. The van der Waals surface area contributed by atoms with Gasteiger partial charge in [-0.05, 0) is 36.4 Å². The van der Waals surface area contributed by atoms with Crippen molar-refractivity contribution in [1.29, 1.82) is 0 Å². The molecule has 0 unspecified atom stereocenters. The summed E-state index contributed by atoms with van der Waals surface area (Å²) in [7, 11) is -3.24. The Kier molecular flexibility index (Phi) is 5.43. The molecule has 2 heterocycles. The number of pyridine rings is 1. The molecule has 26 heavy (non-hydrogen) atoms. The van der Waals surface area contributed by atoms with E-state index in [1.165, 1.54) is 23.5 Å². The Labute approximate surface area is 155 Å². The molecule has 0 saturated heterocycles. The lowest BCUT2D eigenvalue weighted by molar-refractivity contribution is -0.115. The molecule has 8 heteroatoms. The van der Waals surface area contributed by atoms with Crippen LogP contribution < -0.4 is 5.32 Å². The highest BCUT2D eigenvalue weighted by Crippen LogP contribution is 2.23. The lowest BCUT2D eigenvalue weighted by atomic mass is 10.2. The molecular weight excluding hydrogens is 370 g/mol. The van der Waals surface area contributed by atoms with Gasteiger partial charge in [0.05, 0.1) is 22.8 Å². The predicted octanol–water partition coefficient (Wildman–Crippen LogP) is 3.18. The van der Waals surface area contributed by atoms with E-state index in [1.807, 2.05) is 17.5 Å². The van der Waals surface area contributed by atoms with E-state index in [0.29, 0.717) is 11.4 Å². The molecule has 0 atom stereocenters. The number of amides is 1. The van der Waals surface area contributed by atoms with E-state index < -0.39 is 9.84 Å². The van der Waals surface area contributed by atoms with Crippen LogP contribution in [0.5, 0.6) is 0 Å². The van der Waals surface area contributed by atoms with Crippen LogP contribution >= 0.6 is 11.3 Å². The van der Waals surface area contributed by atoms with Crippen molar-refractivity contribution in [2.24, 2.45) is 0 Å². The smallest absolute Gasteiger partial charge is 0.230 e. The van der Waals surface area contributed by atoms with E-state index in [-0.39, 0.29) is 23.0 Å². The first-order valence-electron chi connectivity index (χ1n) is 7.95. The molecule has 0 aliphatic heterocycles. The maximum absolute atomic E-state index is 12.2. The fourth-order valence-electron chi connectivity index (χ4n) is 2.29. The number of hydrogen-bond donors (Lipinski definition) is 1. The van der Waals surface area contributed by atoms with Gasteiger partial charge in [-0.15, -0.1) is 11.3 Å². The third kappa shape index (κ3) is 4.33. The predicted molar refractivity (Wildman–Crippen MR) is 102 cm³/mol. The molecule has 1 aromatic carbocycles. The van der Waals surface area contributed by atoms with Crippen LogP contribution in [0.1, 0.15) is 12.6 Å². The van der Waals surface area contributed by atoms with E-state index in [9.17, 15) is 13.2 Å². The second-order valence-corrected chi connectivity index (χ2v) is 8.67. The third-order valence-electron chi connectivity index (χ3n) is 3.68. The summed E-state index contributed by atoms with van der Waals surface area (Å²) in [5, 5.41) is 5.42. The van der Waals surface area contributed by atoms with E-state index in [0.717, 1.165) is 10.6 Å². The molecule has 0 aliphatic rings. The van der Waals surface area contributed by atoms with Gasteiger partial charge in [0, 0.05) is 29.0 Å².